The highest BCUT2D eigenvalue weighted by molar-refractivity contribution is 6.43. The monoisotopic (exact) mass is 271 g/mol. The van der Waals surface area contributed by atoms with Crippen LogP contribution in [-0.4, -0.2) is 59.0 Å². The van der Waals surface area contributed by atoms with Crippen LogP contribution in [0.2, 0.25) is 0 Å². The van der Waals surface area contributed by atoms with Crippen molar-refractivity contribution in [3.05, 3.63) is 0 Å². The molecule has 1 aliphatic heterocycles. The van der Waals surface area contributed by atoms with Gasteiger partial charge in [-0.15, -0.1) is 0 Å². The van der Waals surface area contributed by atoms with Crippen molar-refractivity contribution in [3.63, 3.8) is 0 Å². The molecule has 0 bridgehead atoms. The summed E-state index contributed by atoms with van der Waals surface area (Å²) in [6.45, 7) is 1.00. The molecule has 0 aromatic carbocycles. The third kappa shape index (κ3) is 4.69. The van der Waals surface area contributed by atoms with Crippen LogP contribution in [0.1, 0.15) is 25.7 Å². The van der Waals surface area contributed by atoms with E-state index in [9.17, 15) is 14.8 Å². The van der Waals surface area contributed by atoms with Crippen molar-refractivity contribution in [2.45, 2.75) is 37.7 Å². The molecule has 0 saturated carbocycles. The number of carbonyl (C=O) groups is 1. The fourth-order valence-electron chi connectivity index (χ4n) is 2.26. The fraction of sp³-hybridized carbons (Fsp3) is 0.800. The summed E-state index contributed by atoms with van der Waals surface area (Å²) in [6, 6.07) is -0.659. The van der Waals surface area contributed by atoms with Crippen LogP contribution in [0.3, 0.4) is 0 Å². The van der Waals surface area contributed by atoms with E-state index in [0.29, 0.717) is 32.4 Å². The second-order valence-electron chi connectivity index (χ2n) is 4.74. The van der Waals surface area contributed by atoms with E-state index in [2.05, 4.69) is 5.32 Å². The quantitative estimate of drug-likeness (QED) is 0.137. The number of nitrogens with two attached hydrogens (primary N) is 2. The zero-order chi connectivity index (χ0) is 14.4. The van der Waals surface area contributed by atoms with Crippen molar-refractivity contribution in [2.75, 3.05) is 13.1 Å². The van der Waals surface area contributed by atoms with Crippen molar-refractivity contribution in [1.82, 2.24) is 10.2 Å². The van der Waals surface area contributed by atoms with Crippen LogP contribution < -0.4 is 16.8 Å². The predicted molar refractivity (Wildman–Crippen MR) is 72.1 cm³/mol. The SMILES string of the molecule is N=C(N)NCCCC(N)C(=O)N1CCC[C@H]1B(O)O. The minimum atomic E-state index is -1.52. The number of rotatable bonds is 6. The lowest BCUT2D eigenvalue weighted by Crippen LogP contribution is -2.51. The van der Waals surface area contributed by atoms with Crippen LogP contribution in [0.25, 0.3) is 0 Å². The Labute approximate surface area is 112 Å². The number of nitrogens with one attached hydrogen (secondary N) is 2. The lowest BCUT2D eigenvalue weighted by molar-refractivity contribution is -0.132. The first-order valence-electron chi connectivity index (χ1n) is 6.43. The fourth-order valence-corrected chi connectivity index (χ4v) is 2.26. The number of carbonyl (C=O) groups excluding carboxylic acids is 1. The molecule has 2 atom stereocenters. The Morgan fingerprint density at radius 2 is 2.26 bits per heavy atom. The Morgan fingerprint density at radius 1 is 1.58 bits per heavy atom. The maximum atomic E-state index is 12.1. The van der Waals surface area contributed by atoms with Crippen molar-refractivity contribution in [3.8, 4) is 0 Å². The highest BCUT2D eigenvalue weighted by Crippen LogP contribution is 2.19. The molecule has 0 aromatic heterocycles. The van der Waals surface area contributed by atoms with Gasteiger partial charge in [0.15, 0.2) is 5.96 Å². The summed E-state index contributed by atoms with van der Waals surface area (Å²) in [5, 5.41) is 28.0. The van der Waals surface area contributed by atoms with Gasteiger partial charge in [0.05, 0.1) is 12.0 Å². The van der Waals surface area contributed by atoms with Gasteiger partial charge in [-0.25, -0.2) is 0 Å². The minimum absolute atomic E-state index is 0.108. The molecule has 0 radical (unpaired) electrons. The molecule has 0 aliphatic carbocycles. The van der Waals surface area contributed by atoms with E-state index in [4.69, 9.17) is 16.9 Å². The van der Waals surface area contributed by atoms with Crippen LogP contribution in [0.4, 0.5) is 0 Å². The van der Waals surface area contributed by atoms with Crippen LogP contribution in [0.15, 0.2) is 0 Å². The number of nitrogens with zero attached hydrogens (tertiary/aromatic N) is 1. The Kier molecular flexibility index (Phi) is 6.06. The summed E-state index contributed by atoms with van der Waals surface area (Å²) in [5.74, 6) is -0.907. The summed E-state index contributed by atoms with van der Waals surface area (Å²) >= 11 is 0. The summed E-state index contributed by atoms with van der Waals surface area (Å²) in [5.41, 5.74) is 10.9. The van der Waals surface area contributed by atoms with Gasteiger partial charge in [0.2, 0.25) is 5.91 Å². The van der Waals surface area contributed by atoms with E-state index in [1.165, 1.54) is 4.90 Å². The molecule has 1 heterocycles. The third-order valence-electron chi connectivity index (χ3n) is 3.25. The molecular weight excluding hydrogens is 249 g/mol. The molecular formula is C10H22BN5O3. The standard InChI is InChI=1S/C10H22BN5O3/c12-7(3-1-5-15-10(13)14)9(17)16-6-2-4-8(16)11(18)19/h7-8,18-19H,1-6,12H2,(H4,13,14,15)/t7?,8-/m0/s1. The number of likely N-dealkylation sites (tertiary alicyclic amines) is 1. The molecule has 8 N–H and O–H groups in total. The van der Waals surface area contributed by atoms with Crippen molar-refractivity contribution < 1.29 is 14.8 Å². The maximum absolute atomic E-state index is 12.1. The lowest BCUT2D eigenvalue weighted by Gasteiger charge is -2.26. The number of amides is 1. The molecule has 1 fully saturated rings. The molecule has 8 nitrogen and oxygen atoms in total. The average Bonchev–Trinajstić information content (AvgIpc) is 2.82. The average molecular weight is 271 g/mol. The molecule has 0 spiro atoms. The van der Waals surface area contributed by atoms with Crippen LogP contribution in [-0.2, 0) is 4.79 Å². The first-order chi connectivity index (χ1) is 8.93. The molecule has 1 unspecified atom stereocenters. The Hall–Kier alpha value is -1.32. The van der Waals surface area contributed by atoms with Gasteiger partial charge < -0.3 is 31.7 Å². The molecule has 1 rings (SSSR count). The predicted octanol–water partition coefficient (Wildman–Crippen LogP) is -2.42. The first-order valence-corrected chi connectivity index (χ1v) is 6.43. The van der Waals surface area contributed by atoms with E-state index in [1.807, 2.05) is 0 Å². The minimum Gasteiger partial charge on any atom is -0.426 e. The van der Waals surface area contributed by atoms with Gasteiger partial charge in [-0.1, -0.05) is 0 Å². The van der Waals surface area contributed by atoms with Gasteiger partial charge in [-0.2, -0.15) is 0 Å². The second-order valence-corrected chi connectivity index (χ2v) is 4.74. The topological polar surface area (TPSA) is 149 Å². The van der Waals surface area contributed by atoms with E-state index in [1.54, 1.807) is 0 Å². The van der Waals surface area contributed by atoms with Gasteiger partial charge in [0.1, 0.15) is 0 Å². The number of hydrogen-bond donors (Lipinski definition) is 6. The normalized spacial score (nSPS) is 20.2. The van der Waals surface area contributed by atoms with E-state index >= 15 is 0 Å². The zero-order valence-electron chi connectivity index (χ0n) is 10.9. The van der Waals surface area contributed by atoms with Crippen LogP contribution >= 0.6 is 0 Å². The van der Waals surface area contributed by atoms with Gasteiger partial charge in [0.25, 0.3) is 0 Å². The largest absolute Gasteiger partial charge is 0.475 e. The van der Waals surface area contributed by atoms with E-state index in [-0.39, 0.29) is 11.9 Å². The molecule has 0 aromatic rings. The molecule has 1 aliphatic rings. The van der Waals surface area contributed by atoms with Crippen molar-refractivity contribution >= 4 is 19.0 Å². The van der Waals surface area contributed by atoms with Crippen LogP contribution in [0.5, 0.6) is 0 Å². The van der Waals surface area contributed by atoms with E-state index in [0.717, 1.165) is 6.42 Å². The highest BCUT2D eigenvalue weighted by Gasteiger charge is 2.38. The Balaban J connectivity index is 2.37. The lowest BCUT2D eigenvalue weighted by atomic mass is 9.77. The summed E-state index contributed by atoms with van der Waals surface area (Å²) in [6.07, 6.45) is 2.42. The van der Waals surface area contributed by atoms with Crippen molar-refractivity contribution in [1.29, 1.82) is 5.41 Å². The first kappa shape index (κ1) is 15.7. The molecule has 1 saturated heterocycles. The van der Waals surface area contributed by atoms with Gasteiger partial charge in [-0.05, 0) is 25.7 Å². The van der Waals surface area contributed by atoms with Crippen LogP contribution in [0, 0.1) is 5.41 Å². The third-order valence-corrected chi connectivity index (χ3v) is 3.25. The Morgan fingerprint density at radius 3 is 2.84 bits per heavy atom. The molecule has 1 amide bonds. The Bertz CT molecular complexity index is 328. The summed E-state index contributed by atoms with van der Waals surface area (Å²) in [7, 11) is -1.52. The molecule has 19 heavy (non-hydrogen) atoms. The van der Waals surface area contributed by atoms with Gasteiger partial charge >= 0.3 is 7.12 Å². The molecule has 9 heteroatoms. The smallest absolute Gasteiger partial charge is 0.426 e. The van der Waals surface area contributed by atoms with Gasteiger partial charge in [0, 0.05) is 13.1 Å². The summed E-state index contributed by atoms with van der Waals surface area (Å²) in [4.78, 5) is 13.5. The van der Waals surface area contributed by atoms with Gasteiger partial charge in [-0.3, -0.25) is 10.2 Å². The zero-order valence-corrected chi connectivity index (χ0v) is 10.9. The number of hydrogen-bond acceptors (Lipinski definition) is 5. The second kappa shape index (κ2) is 7.32. The van der Waals surface area contributed by atoms with E-state index < -0.39 is 19.1 Å². The maximum Gasteiger partial charge on any atom is 0.475 e. The number of guanidine groups is 1. The summed E-state index contributed by atoms with van der Waals surface area (Å²) < 4.78 is 0. The highest BCUT2D eigenvalue weighted by atomic mass is 16.4. The van der Waals surface area contributed by atoms with Crippen molar-refractivity contribution in [2.24, 2.45) is 11.5 Å². The molecule has 108 valence electrons.